The third-order valence-electron chi connectivity index (χ3n) is 3.37. The van der Waals surface area contributed by atoms with Crippen LogP contribution in [0, 0.1) is 0 Å². The van der Waals surface area contributed by atoms with E-state index in [4.69, 9.17) is 14.9 Å². The number of carboxylic acids is 1. The number of aliphatic hydroxyl groups excluding tert-OH is 3. The number of carboxylic acid groups (broad SMARTS) is 1. The van der Waals surface area contributed by atoms with Crippen molar-refractivity contribution >= 4 is 26.7 Å². The van der Waals surface area contributed by atoms with E-state index in [9.17, 15) is 19.8 Å². The molecule has 5 N–H and O–H groups in total. The predicted molar refractivity (Wildman–Crippen MR) is 76.2 cm³/mol. The van der Waals surface area contributed by atoms with Crippen molar-refractivity contribution in [3.63, 3.8) is 0 Å². The van der Waals surface area contributed by atoms with Crippen molar-refractivity contribution in [1.29, 1.82) is 0 Å². The quantitative estimate of drug-likeness (QED) is 0.303. The Morgan fingerprint density at radius 2 is 2.13 bits per heavy atom. The summed E-state index contributed by atoms with van der Waals surface area (Å²) < 4.78 is 6.83. The Bertz CT molecular complexity index is 638. The third-order valence-corrected chi connectivity index (χ3v) is 4.00. The fourth-order valence-corrected chi connectivity index (χ4v) is 2.71. The summed E-state index contributed by atoms with van der Waals surface area (Å²) in [5.41, 5.74) is -0.386. The van der Waals surface area contributed by atoms with E-state index in [0.717, 1.165) is 0 Å². The van der Waals surface area contributed by atoms with E-state index in [2.05, 4.69) is 26.3 Å². The molecule has 1 fully saturated rings. The van der Waals surface area contributed by atoms with E-state index >= 15 is 0 Å². The van der Waals surface area contributed by atoms with E-state index in [-0.39, 0.29) is 23.4 Å². The van der Waals surface area contributed by atoms with Crippen LogP contribution in [-0.4, -0.2) is 83.4 Å². The summed E-state index contributed by atoms with van der Waals surface area (Å²) in [5, 5.41) is 40.1. The zero-order valence-corrected chi connectivity index (χ0v) is 13.5. The van der Waals surface area contributed by atoms with Gasteiger partial charge in [-0.25, -0.2) is 0 Å². The standard InChI is InChI=1S/C12H16N3O7Se/c16-4-6-8(19)9(20)11(22-6)15-3-5(1-13-2-7(17)18)10(21)14-12(15)23/h3,6,8-9,11,13,16,19-20H,1-2,4H2,(H,17,18)/t6-,8-,9-,11-/m1/s1. The maximum atomic E-state index is 11.8. The number of hydrogen-bond donors (Lipinski definition) is 5. The molecule has 2 rings (SSSR count). The first-order valence-corrected chi connectivity index (χ1v) is 7.54. The molecule has 0 aromatic carbocycles. The van der Waals surface area contributed by atoms with Crippen LogP contribution in [0.4, 0.5) is 0 Å². The number of aliphatic carboxylic acids is 1. The van der Waals surface area contributed by atoms with Crippen LogP contribution in [0.15, 0.2) is 11.0 Å². The summed E-state index contributed by atoms with van der Waals surface area (Å²) >= 11 is 2.56. The van der Waals surface area contributed by atoms with Gasteiger partial charge in [-0.1, -0.05) is 0 Å². The van der Waals surface area contributed by atoms with Gasteiger partial charge in [-0.05, 0) is 0 Å². The molecule has 1 aliphatic heterocycles. The van der Waals surface area contributed by atoms with Crippen molar-refractivity contribution in [2.24, 2.45) is 0 Å². The second-order valence-electron chi connectivity index (χ2n) is 4.99. The molecule has 1 aromatic rings. The van der Waals surface area contributed by atoms with Gasteiger partial charge in [0.1, 0.15) is 0 Å². The van der Waals surface area contributed by atoms with Crippen LogP contribution >= 0.6 is 0 Å². The molecule has 23 heavy (non-hydrogen) atoms. The topological polar surface area (TPSA) is 154 Å². The van der Waals surface area contributed by atoms with Gasteiger partial charge in [0.05, 0.1) is 0 Å². The minimum absolute atomic E-state index is 0.0345. The molecule has 0 unspecified atom stereocenters. The Balaban J connectivity index is 2.25. The maximum absolute atomic E-state index is 11.8. The molecule has 1 aromatic heterocycles. The fourth-order valence-electron chi connectivity index (χ4n) is 2.21. The Morgan fingerprint density at radius 1 is 1.43 bits per heavy atom. The Hall–Kier alpha value is -1.33. The molecule has 0 bridgehead atoms. The average molecular weight is 393 g/mol. The van der Waals surface area contributed by atoms with Gasteiger partial charge in [0.25, 0.3) is 0 Å². The molecule has 0 saturated carbocycles. The van der Waals surface area contributed by atoms with E-state index in [1.165, 1.54) is 10.8 Å². The summed E-state index contributed by atoms with van der Waals surface area (Å²) in [6.45, 7) is -0.835. The van der Waals surface area contributed by atoms with Crippen LogP contribution in [0.5, 0.6) is 0 Å². The van der Waals surface area contributed by atoms with Crippen LogP contribution in [0.2, 0.25) is 0 Å². The molecule has 0 amide bonds. The summed E-state index contributed by atoms with van der Waals surface area (Å²) in [4.78, 5) is 26.1. The first-order chi connectivity index (χ1) is 10.8. The number of ether oxygens (including phenoxy) is 1. The Labute approximate surface area is 138 Å². The van der Waals surface area contributed by atoms with Gasteiger partial charge in [0.15, 0.2) is 0 Å². The van der Waals surface area contributed by atoms with E-state index in [0.29, 0.717) is 0 Å². The average Bonchev–Trinajstić information content (AvgIpc) is 2.77. The van der Waals surface area contributed by atoms with Crippen molar-refractivity contribution < 1.29 is 30.0 Å². The van der Waals surface area contributed by atoms with E-state index in [1.807, 2.05) is 0 Å². The molecule has 0 aliphatic carbocycles. The second-order valence-corrected chi connectivity index (χ2v) is 5.75. The van der Waals surface area contributed by atoms with Gasteiger partial charge >= 0.3 is 138 Å². The molecule has 127 valence electrons. The van der Waals surface area contributed by atoms with Crippen LogP contribution in [0.25, 0.3) is 0 Å². The van der Waals surface area contributed by atoms with E-state index < -0.39 is 42.7 Å². The Kier molecular flexibility index (Phi) is 5.87. The van der Waals surface area contributed by atoms with Crippen molar-refractivity contribution in [2.45, 2.75) is 31.1 Å². The number of aromatic nitrogens is 2. The molecule has 11 heteroatoms. The predicted octanol–water partition coefficient (Wildman–Crippen LogP) is -4.18. The van der Waals surface area contributed by atoms with Crippen LogP contribution in [-0.2, 0) is 16.1 Å². The zero-order chi connectivity index (χ0) is 17.1. The van der Waals surface area contributed by atoms with Gasteiger partial charge in [0, 0.05) is 0 Å². The number of hydrogen-bond acceptors (Lipinski definition) is 8. The first kappa shape index (κ1) is 18.0. The third kappa shape index (κ3) is 3.96. The zero-order valence-electron chi connectivity index (χ0n) is 11.8. The second kappa shape index (κ2) is 7.49. The van der Waals surface area contributed by atoms with Gasteiger partial charge in [0.2, 0.25) is 0 Å². The van der Waals surface area contributed by atoms with Gasteiger partial charge in [-0.15, -0.1) is 0 Å². The number of aliphatic hydroxyl groups is 3. The Morgan fingerprint density at radius 3 is 2.70 bits per heavy atom. The number of rotatable bonds is 6. The van der Waals surface area contributed by atoms with Gasteiger partial charge in [-0.2, -0.15) is 0 Å². The molecule has 0 spiro atoms. The van der Waals surface area contributed by atoms with Crippen LogP contribution in [0.3, 0.4) is 0 Å². The van der Waals surface area contributed by atoms with Gasteiger partial charge < -0.3 is 0 Å². The van der Waals surface area contributed by atoms with Crippen molar-refractivity contribution in [3.8, 4) is 0 Å². The normalized spacial score (nSPS) is 27.3. The molecular weight excluding hydrogens is 377 g/mol. The number of carbonyl (C=O) groups is 1. The SMILES string of the molecule is O=C(O)CNCc1cn([C@@H]2O[C@H](CO)[C@@H](O)[C@H]2O)c([Se])nc1=O. The summed E-state index contributed by atoms with van der Waals surface area (Å²) in [7, 11) is 0. The molecule has 10 nitrogen and oxygen atoms in total. The molecule has 2 heterocycles. The summed E-state index contributed by atoms with van der Waals surface area (Å²) in [6.07, 6.45) is -3.23. The van der Waals surface area contributed by atoms with Gasteiger partial charge in [-0.3, -0.25) is 0 Å². The molecule has 1 radical (unpaired) electrons. The van der Waals surface area contributed by atoms with E-state index in [1.54, 1.807) is 0 Å². The molecule has 1 aliphatic rings. The molecular formula is C12H16N3O7Se. The van der Waals surface area contributed by atoms with Crippen molar-refractivity contribution in [1.82, 2.24) is 14.9 Å². The minimum atomic E-state index is -1.32. The van der Waals surface area contributed by atoms with Crippen molar-refractivity contribution in [2.75, 3.05) is 13.2 Å². The summed E-state index contributed by atoms with van der Waals surface area (Å²) in [5.74, 6) is -1.07. The van der Waals surface area contributed by atoms with Crippen molar-refractivity contribution in [3.05, 3.63) is 22.1 Å². The first-order valence-electron chi connectivity index (χ1n) is 6.69. The monoisotopic (exact) mass is 394 g/mol. The summed E-state index contributed by atoms with van der Waals surface area (Å²) in [6, 6.07) is 0. The number of nitrogens with one attached hydrogen (secondary N) is 1. The number of nitrogens with zero attached hydrogens (tertiary/aromatic N) is 2. The molecule has 1 saturated heterocycles. The van der Waals surface area contributed by atoms with Crippen LogP contribution < -0.4 is 15.6 Å². The fraction of sp³-hybridized carbons (Fsp3) is 0.583. The molecule has 4 atom stereocenters. The van der Waals surface area contributed by atoms with Crippen LogP contribution in [0.1, 0.15) is 11.8 Å².